The summed E-state index contributed by atoms with van der Waals surface area (Å²) in [7, 11) is 0. The van der Waals surface area contributed by atoms with E-state index in [4.69, 9.17) is 4.42 Å². The van der Waals surface area contributed by atoms with Gasteiger partial charge in [0, 0.05) is 11.6 Å². The monoisotopic (exact) mass is 335 g/mol. The number of furan rings is 1. The molecule has 0 aliphatic heterocycles. The molecular formula is C18H13N3O2S. The number of carbonyl (C=O) groups is 1. The quantitative estimate of drug-likeness (QED) is 0.336. The van der Waals surface area contributed by atoms with Gasteiger partial charge in [0.1, 0.15) is 5.03 Å². The molecule has 4 aromatic rings. The fourth-order valence-electron chi connectivity index (χ4n) is 2.39. The molecule has 0 unspecified atom stereocenters. The minimum Gasteiger partial charge on any atom is -0.461 e. The average molecular weight is 335 g/mol. The van der Waals surface area contributed by atoms with Crippen LogP contribution >= 0.6 is 11.8 Å². The molecule has 4 rings (SSSR count). The van der Waals surface area contributed by atoms with Crippen molar-refractivity contribution in [2.45, 2.75) is 5.03 Å². The highest BCUT2D eigenvalue weighted by molar-refractivity contribution is 8.00. The van der Waals surface area contributed by atoms with Crippen LogP contribution in [0.15, 0.2) is 70.4 Å². The van der Waals surface area contributed by atoms with Gasteiger partial charge in [-0.15, -0.1) is 0 Å². The van der Waals surface area contributed by atoms with Crippen LogP contribution in [0.4, 0.5) is 0 Å². The first kappa shape index (κ1) is 14.7. The Labute approximate surface area is 142 Å². The number of rotatable bonds is 5. The van der Waals surface area contributed by atoms with Crippen molar-refractivity contribution < 1.29 is 9.21 Å². The molecule has 0 radical (unpaired) electrons. The topological polar surface area (TPSA) is 71.8 Å². The summed E-state index contributed by atoms with van der Waals surface area (Å²) < 4.78 is 5.40. The van der Waals surface area contributed by atoms with Crippen molar-refractivity contribution in [1.29, 1.82) is 0 Å². The molecule has 1 N–H and O–H groups in total. The maximum Gasteiger partial charge on any atom is 0.197 e. The van der Waals surface area contributed by atoms with E-state index in [0.29, 0.717) is 23.0 Å². The summed E-state index contributed by atoms with van der Waals surface area (Å²) in [6, 6.07) is 15.0. The number of aromatic nitrogens is 3. The second-order valence-electron chi connectivity index (χ2n) is 5.14. The van der Waals surface area contributed by atoms with E-state index in [0.717, 1.165) is 15.9 Å². The minimum absolute atomic E-state index is 0.0345. The Balaban J connectivity index is 1.69. The minimum atomic E-state index is 0.0345. The lowest BCUT2D eigenvalue weighted by atomic mass is 10.2. The number of nitrogens with zero attached hydrogens (tertiary/aromatic N) is 2. The lowest BCUT2D eigenvalue weighted by Crippen LogP contribution is -2.03. The van der Waals surface area contributed by atoms with Gasteiger partial charge in [0.05, 0.1) is 23.2 Å². The molecule has 0 fully saturated rings. The van der Waals surface area contributed by atoms with Crippen molar-refractivity contribution in [2.75, 3.05) is 5.75 Å². The molecule has 5 nitrogen and oxygen atoms in total. The van der Waals surface area contributed by atoms with Crippen molar-refractivity contribution in [3.05, 3.63) is 66.7 Å². The van der Waals surface area contributed by atoms with E-state index in [9.17, 15) is 4.79 Å². The Bertz CT molecular complexity index is 979. The van der Waals surface area contributed by atoms with Crippen LogP contribution < -0.4 is 0 Å². The summed E-state index contributed by atoms with van der Waals surface area (Å²) in [5.74, 6) is 1.47. The van der Waals surface area contributed by atoms with Crippen LogP contribution in [0.25, 0.3) is 22.5 Å². The molecule has 0 aliphatic carbocycles. The normalized spacial score (nSPS) is 11.0. The van der Waals surface area contributed by atoms with E-state index in [1.165, 1.54) is 11.8 Å². The zero-order valence-electron chi connectivity index (χ0n) is 12.6. The molecule has 0 saturated heterocycles. The Morgan fingerprint density at radius 1 is 1.08 bits per heavy atom. The molecule has 24 heavy (non-hydrogen) atoms. The number of para-hydroxylation sites is 1. The number of hydrogen-bond donors (Lipinski definition) is 1. The first-order valence-electron chi connectivity index (χ1n) is 7.41. The zero-order chi connectivity index (χ0) is 16.4. The Kier molecular flexibility index (Phi) is 3.88. The van der Waals surface area contributed by atoms with E-state index in [-0.39, 0.29) is 5.78 Å². The van der Waals surface area contributed by atoms with Crippen LogP contribution in [0.3, 0.4) is 0 Å². The van der Waals surface area contributed by atoms with Gasteiger partial charge in [-0.1, -0.05) is 30.0 Å². The molecule has 0 spiro atoms. The second kappa shape index (κ2) is 6.33. The Morgan fingerprint density at radius 3 is 2.79 bits per heavy atom. The molecule has 0 bridgehead atoms. The number of aromatic amines is 1. The predicted octanol–water partition coefficient (Wildman–Crippen LogP) is 4.19. The largest absolute Gasteiger partial charge is 0.461 e. The third-order valence-electron chi connectivity index (χ3n) is 3.55. The van der Waals surface area contributed by atoms with Crippen molar-refractivity contribution in [3.8, 4) is 11.6 Å². The fourth-order valence-corrected chi connectivity index (χ4v) is 3.29. The second-order valence-corrected chi connectivity index (χ2v) is 6.11. The highest BCUT2D eigenvalue weighted by atomic mass is 32.2. The average Bonchev–Trinajstić information content (AvgIpc) is 3.32. The summed E-state index contributed by atoms with van der Waals surface area (Å²) in [5, 5.41) is 1.70. The number of thioether (sulfide) groups is 1. The number of H-pyrrole nitrogens is 1. The van der Waals surface area contributed by atoms with Crippen molar-refractivity contribution >= 4 is 28.4 Å². The zero-order valence-corrected chi connectivity index (χ0v) is 13.4. The third-order valence-corrected chi connectivity index (χ3v) is 4.54. The highest BCUT2D eigenvalue weighted by Crippen LogP contribution is 2.28. The Morgan fingerprint density at radius 2 is 2.00 bits per heavy atom. The molecule has 6 heteroatoms. The number of ketones is 1. The molecule has 3 aromatic heterocycles. The maximum atomic E-state index is 12.2. The first-order valence-corrected chi connectivity index (χ1v) is 8.40. The molecule has 0 atom stereocenters. The van der Waals surface area contributed by atoms with Gasteiger partial charge in [-0.3, -0.25) is 4.79 Å². The fraction of sp³-hybridized carbons (Fsp3) is 0.0556. The number of Topliss-reactive ketones (excluding diaryl/α,β-unsaturated/α-hetero) is 1. The summed E-state index contributed by atoms with van der Waals surface area (Å²) in [5.41, 5.74) is 1.43. The van der Waals surface area contributed by atoms with Crippen molar-refractivity contribution in [1.82, 2.24) is 15.0 Å². The van der Waals surface area contributed by atoms with Gasteiger partial charge < -0.3 is 9.40 Å². The van der Waals surface area contributed by atoms with Crippen molar-refractivity contribution in [3.63, 3.8) is 0 Å². The van der Waals surface area contributed by atoms with E-state index in [1.54, 1.807) is 24.6 Å². The van der Waals surface area contributed by atoms with Crippen LogP contribution in [-0.4, -0.2) is 26.5 Å². The van der Waals surface area contributed by atoms with E-state index < -0.39 is 0 Å². The summed E-state index contributed by atoms with van der Waals surface area (Å²) >= 11 is 1.41. The molecule has 1 aromatic carbocycles. The number of benzene rings is 1. The van der Waals surface area contributed by atoms with Gasteiger partial charge in [0.2, 0.25) is 0 Å². The van der Waals surface area contributed by atoms with Crippen LogP contribution in [0, 0.1) is 0 Å². The molecule has 0 saturated carbocycles. The van der Waals surface area contributed by atoms with E-state index >= 15 is 0 Å². The summed E-state index contributed by atoms with van der Waals surface area (Å²) in [6.07, 6.45) is 3.34. The predicted molar refractivity (Wildman–Crippen MR) is 93.1 cm³/mol. The van der Waals surface area contributed by atoms with Gasteiger partial charge in [-0.25, -0.2) is 9.97 Å². The van der Waals surface area contributed by atoms with E-state index in [2.05, 4.69) is 15.0 Å². The smallest absolute Gasteiger partial charge is 0.197 e. The van der Waals surface area contributed by atoms with Gasteiger partial charge in [-0.05, 0) is 30.3 Å². The first-order chi connectivity index (χ1) is 11.8. The SMILES string of the molecule is O=C(CSc1nc(-c2ccco2)nc2ccccc12)c1ccc[nH]1. The summed E-state index contributed by atoms with van der Waals surface area (Å²) in [6.45, 7) is 0. The molecule has 0 aliphatic rings. The van der Waals surface area contributed by atoms with Gasteiger partial charge in [0.25, 0.3) is 0 Å². The van der Waals surface area contributed by atoms with E-state index in [1.807, 2.05) is 36.4 Å². The van der Waals surface area contributed by atoms with Crippen molar-refractivity contribution in [2.24, 2.45) is 0 Å². The van der Waals surface area contributed by atoms with Crippen LogP contribution in [0.5, 0.6) is 0 Å². The van der Waals surface area contributed by atoms with Crippen LogP contribution in [-0.2, 0) is 0 Å². The number of fused-ring (bicyclic) bond motifs is 1. The lowest BCUT2D eigenvalue weighted by Gasteiger charge is -2.07. The number of carbonyl (C=O) groups excluding carboxylic acids is 1. The Hall–Kier alpha value is -2.86. The molecule has 0 amide bonds. The van der Waals surface area contributed by atoms with Gasteiger partial charge in [0.15, 0.2) is 17.4 Å². The van der Waals surface area contributed by atoms with Crippen LogP contribution in [0.1, 0.15) is 10.5 Å². The number of hydrogen-bond acceptors (Lipinski definition) is 5. The van der Waals surface area contributed by atoms with Gasteiger partial charge in [-0.2, -0.15) is 0 Å². The van der Waals surface area contributed by atoms with Crippen LogP contribution in [0.2, 0.25) is 0 Å². The number of nitrogens with one attached hydrogen (secondary N) is 1. The standard InChI is InChI=1S/C18H13N3O2S/c22-15(14-7-3-9-19-14)11-24-18-12-5-1-2-6-13(12)20-17(21-18)16-8-4-10-23-16/h1-10,19H,11H2. The molecule has 3 heterocycles. The highest BCUT2D eigenvalue weighted by Gasteiger charge is 2.14. The van der Waals surface area contributed by atoms with Gasteiger partial charge >= 0.3 is 0 Å². The molecule has 118 valence electrons. The maximum absolute atomic E-state index is 12.2. The third kappa shape index (κ3) is 2.83. The molecular weight excluding hydrogens is 322 g/mol. The summed E-state index contributed by atoms with van der Waals surface area (Å²) in [4.78, 5) is 24.3. The lowest BCUT2D eigenvalue weighted by molar-refractivity contribution is 0.101.